The molecule has 0 spiro atoms. The van der Waals surface area contributed by atoms with Crippen molar-refractivity contribution in [3.05, 3.63) is 0 Å². The third-order valence-electron chi connectivity index (χ3n) is 2.36. The van der Waals surface area contributed by atoms with E-state index in [9.17, 15) is 0 Å². The molecule has 2 atom stereocenters. The van der Waals surface area contributed by atoms with Crippen LogP contribution in [-0.4, -0.2) is 24.9 Å². The highest BCUT2D eigenvalue weighted by Crippen LogP contribution is 2.48. The van der Waals surface area contributed by atoms with Crippen molar-refractivity contribution >= 4 is 0 Å². The summed E-state index contributed by atoms with van der Waals surface area (Å²) in [7, 11) is 0. The zero-order chi connectivity index (χ0) is 8.06. The molecular formula is C9H16O2. The second kappa shape index (κ2) is 2.20. The van der Waals surface area contributed by atoms with Gasteiger partial charge in [-0.25, -0.2) is 0 Å². The number of fused-ring (bicyclic) bond motifs is 1. The van der Waals surface area contributed by atoms with E-state index >= 15 is 0 Å². The van der Waals surface area contributed by atoms with E-state index in [4.69, 9.17) is 9.47 Å². The van der Waals surface area contributed by atoms with Crippen molar-refractivity contribution in [2.45, 2.75) is 32.5 Å². The molecule has 2 heteroatoms. The van der Waals surface area contributed by atoms with Gasteiger partial charge in [0.25, 0.3) is 0 Å². The lowest BCUT2D eigenvalue weighted by Crippen LogP contribution is -2.23. The van der Waals surface area contributed by atoms with Crippen molar-refractivity contribution in [2.75, 3.05) is 13.2 Å². The van der Waals surface area contributed by atoms with Crippen LogP contribution in [0.5, 0.6) is 0 Å². The van der Waals surface area contributed by atoms with Crippen molar-refractivity contribution in [2.24, 2.45) is 11.8 Å². The van der Waals surface area contributed by atoms with E-state index in [2.05, 4.69) is 20.8 Å². The van der Waals surface area contributed by atoms with E-state index in [1.165, 1.54) is 0 Å². The molecule has 0 amide bonds. The van der Waals surface area contributed by atoms with Crippen molar-refractivity contribution in [3.63, 3.8) is 0 Å². The summed E-state index contributed by atoms with van der Waals surface area (Å²) >= 11 is 0. The topological polar surface area (TPSA) is 18.5 Å². The van der Waals surface area contributed by atoms with E-state index < -0.39 is 0 Å². The van der Waals surface area contributed by atoms with Gasteiger partial charge in [0.15, 0.2) is 0 Å². The van der Waals surface area contributed by atoms with Crippen molar-refractivity contribution in [1.82, 2.24) is 0 Å². The predicted molar refractivity (Wildman–Crippen MR) is 42.4 cm³/mol. The molecule has 1 aliphatic heterocycles. The lowest BCUT2D eigenvalue weighted by Gasteiger charge is -2.20. The predicted octanol–water partition coefficient (Wildman–Crippen LogP) is 1.45. The Balaban J connectivity index is 1.83. The molecule has 1 aliphatic carbocycles. The minimum absolute atomic E-state index is 0.0228. The Labute approximate surface area is 67.9 Å². The van der Waals surface area contributed by atoms with Gasteiger partial charge in [-0.05, 0) is 20.8 Å². The molecule has 0 radical (unpaired) electrons. The molecule has 1 saturated carbocycles. The summed E-state index contributed by atoms with van der Waals surface area (Å²) in [4.78, 5) is 0. The maximum absolute atomic E-state index is 5.84. The molecule has 1 heterocycles. The van der Waals surface area contributed by atoms with Gasteiger partial charge in [0.1, 0.15) is 0 Å². The molecule has 0 aromatic rings. The zero-order valence-electron chi connectivity index (χ0n) is 7.46. The fraction of sp³-hybridized carbons (Fsp3) is 1.00. The summed E-state index contributed by atoms with van der Waals surface area (Å²) in [5.41, 5.74) is 0.0228. The van der Waals surface area contributed by atoms with Crippen molar-refractivity contribution in [1.29, 1.82) is 0 Å². The average molecular weight is 156 g/mol. The van der Waals surface area contributed by atoms with Gasteiger partial charge < -0.3 is 9.47 Å². The van der Waals surface area contributed by atoms with Crippen LogP contribution >= 0.6 is 0 Å². The minimum atomic E-state index is 0.0228. The van der Waals surface area contributed by atoms with Gasteiger partial charge in [-0.1, -0.05) is 0 Å². The standard InChI is InChI=1S/C9H16O2/c1-9(2,3)11-8-6-4-10-5-7(6)8/h6-8H,4-5H2,1-3H3. The number of ether oxygens (including phenoxy) is 2. The molecule has 2 rings (SSSR count). The summed E-state index contributed by atoms with van der Waals surface area (Å²) in [5, 5.41) is 0. The molecule has 11 heavy (non-hydrogen) atoms. The van der Waals surface area contributed by atoms with E-state index in [1.807, 2.05) is 0 Å². The fourth-order valence-electron chi connectivity index (χ4n) is 1.77. The molecule has 2 aliphatic rings. The molecule has 0 bridgehead atoms. The van der Waals surface area contributed by atoms with Crippen LogP contribution in [0.4, 0.5) is 0 Å². The Hall–Kier alpha value is -0.0800. The third-order valence-corrected chi connectivity index (χ3v) is 2.36. The molecule has 0 aromatic carbocycles. The van der Waals surface area contributed by atoms with Gasteiger partial charge in [-0.3, -0.25) is 0 Å². The summed E-state index contributed by atoms with van der Waals surface area (Å²) in [6.07, 6.45) is 0.503. The monoisotopic (exact) mass is 156 g/mol. The van der Waals surface area contributed by atoms with Gasteiger partial charge in [-0.2, -0.15) is 0 Å². The lowest BCUT2D eigenvalue weighted by atomic mass is 10.2. The Morgan fingerprint density at radius 3 is 2.18 bits per heavy atom. The van der Waals surface area contributed by atoms with Crippen LogP contribution in [0.15, 0.2) is 0 Å². The Kier molecular flexibility index (Phi) is 1.52. The first kappa shape index (κ1) is 7.56. The summed E-state index contributed by atoms with van der Waals surface area (Å²) in [5.74, 6) is 1.43. The van der Waals surface area contributed by atoms with Crippen LogP contribution in [0.2, 0.25) is 0 Å². The van der Waals surface area contributed by atoms with Crippen LogP contribution in [0, 0.1) is 11.8 Å². The summed E-state index contributed by atoms with van der Waals surface area (Å²) in [6, 6.07) is 0. The molecule has 1 saturated heterocycles. The quantitative estimate of drug-likeness (QED) is 0.572. The van der Waals surface area contributed by atoms with Crippen LogP contribution < -0.4 is 0 Å². The first-order chi connectivity index (χ1) is 5.08. The number of hydrogen-bond donors (Lipinski definition) is 0. The normalized spacial score (nSPS) is 42.3. The summed E-state index contributed by atoms with van der Waals surface area (Å²) in [6.45, 7) is 8.18. The molecule has 64 valence electrons. The van der Waals surface area contributed by atoms with Crippen LogP contribution in [0.25, 0.3) is 0 Å². The molecule has 2 unspecified atom stereocenters. The Morgan fingerprint density at radius 2 is 1.73 bits per heavy atom. The highest BCUT2D eigenvalue weighted by atomic mass is 16.5. The molecular weight excluding hydrogens is 140 g/mol. The lowest BCUT2D eigenvalue weighted by molar-refractivity contribution is -0.0443. The Morgan fingerprint density at radius 1 is 1.18 bits per heavy atom. The van der Waals surface area contributed by atoms with Gasteiger partial charge in [0, 0.05) is 11.8 Å². The van der Waals surface area contributed by atoms with Gasteiger partial charge in [-0.15, -0.1) is 0 Å². The fourth-order valence-corrected chi connectivity index (χ4v) is 1.77. The first-order valence-corrected chi connectivity index (χ1v) is 4.33. The first-order valence-electron chi connectivity index (χ1n) is 4.33. The second-order valence-electron chi connectivity index (χ2n) is 4.56. The zero-order valence-corrected chi connectivity index (χ0v) is 7.46. The van der Waals surface area contributed by atoms with E-state index in [1.54, 1.807) is 0 Å². The summed E-state index contributed by atoms with van der Waals surface area (Å²) < 4.78 is 11.1. The highest BCUT2D eigenvalue weighted by molar-refractivity contribution is 5.03. The minimum Gasteiger partial charge on any atom is -0.381 e. The highest BCUT2D eigenvalue weighted by Gasteiger charge is 2.56. The SMILES string of the molecule is CC(C)(C)OC1C2COCC21. The molecule has 0 N–H and O–H groups in total. The van der Waals surface area contributed by atoms with Crippen LogP contribution in [0.3, 0.4) is 0 Å². The molecule has 2 fully saturated rings. The maximum Gasteiger partial charge on any atom is 0.0691 e. The maximum atomic E-state index is 5.84. The average Bonchev–Trinajstić information content (AvgIpc) is 2.39. The van der Waals surface area contributed by atoms with Gasteiger partial charge in [0.2, 0.25) is 0 Å². The van der Waals surface area contributed by atoms with Crippen molar-refractivity contribution in [3.8, 4) is 0 Å². The largest absolute Gasteiger partial charge is 0.381 e. The molecule has 2 nitrogen and oxygen atoms in total. The molecule has 0 aromatic heterocycles. The van der Waals surface area contributed by atoms with E-state index in [0.29, 0.717) is 17.9 Å². The van der Waals surface area contributed by atoms with Crippen LogP contribution in [-0.2, 0) is 9.47 Å². The van der Waals surface area contributed by atoms with E-state index in [0.717, 1.165) is 13.2 Å². The van der Waals surface area contributed by atoms with E-state index in [-0.39, 0.29) is 5.60 Å². The van der Waals surface area contributed by atoms with Crippen LogP contribution in [0.1, 0.15) is 20.8 Å². The Bertz CT molecular complexity index is 149. The van der Waals surface area contributed by atoms with Gasteiger partial charge in [0.05, 0.1) is 24.9 Å². The number of hydrogen-bond acceptors (Lipinski definition) is 2. The van der Waals surface area contributed by atoms with Gasteiger partial charge >= 0.3 is 0 Å². The smallest absolute Gasteiger partial charge is 0.0691 e. The second-order valence-corrected chi connectivity index (χ2v) is 4.56. The van der Waals surface area contributed by atoms with Crippen molar-refractivity contribution < 1.29 is 9.47 Å². The third kappa shape index (κ3) is 1.42. The number of rotatable bonds is 1.